The van der Waals surface area contributed by atoms with E-state index >= 15 is 0 Å². The highest BCUT2D eigenvalue weighted by Gasteiger charge is 2.32. The number of likely N-dealkylation sites (tertiary alicyclic amines) is 1. The number of Topliss-reactive ketones (excluding diaryl/α,β-unsaturated/α-hetero) is 1. The number of amides is 1. The van der Waals surface area contributed by atoms with Crippen LogP contribution < -0.4 is 10.6 Å². The molecular weight excluding hydrogens is 448 g/mol. The van der Waals surface area contributed by atoms with Gasteiger partial charge in [0.1, 0.15) is 6.10 Å². The molecule has 2 aliphatic heterocycles. The molecule has 4 rings (SSSR count). The van der Waals surface area contributed by atoms with Gasteiger partial charge in [-0.25, -0.2) is 9.64 Å². The van der Waals surface area contributed by atoms with Crippen molar-refractivity contribution in [1.82, 2.24) is 4.90 Å². The molecule has 1 atom stereocenters. The van der Waals surface area contributed by atoms with Crippen molar-refractivity contribution in [2.45, 2.75) is 31.8 Å². The van der Waals surface area contributed by atoms with Crippen LogP contribution in [0.25, 0.3) is 4.85 Å². The smallest absolute Gasteiger partial charge is 0.414 e. The summed E-state index contributed by atoms with van der Waals surface area (Å²) in [6, 6.07) is 10.2. The SMILES string of the molecule is NCCN1CCCC1.[C-]#[N+]c1ccc(N2C[C@H](CCC(=O)c3ccc(Cl)s3)OC2=O)cc1. The number of halogens is 1. The van der Waals surface area contributed by atoms with Crippen molar-refractivity contribution in [3.63, 3.8) is 0 Å². The lowest BCUT2D eigenvalue weighted by molar-refractivity contribution is 0.0943. The summed E-state index contributed by atoms with van der Waals surface area (Å²) in [5, 5.41) is 0. The molecule has 2 aliphatic rings. The molecular formula is C23H27ClN4O3S. The van der Waals surface area contributed by atoms with Gasteiger partial charge < -0.3 is 15.4 Å². The number of anilines is 1. The Morgan fingerprint density at radius 2 is 1.94 bits per heavy atom. The summed E-state index contributed by atoms with van der Waals surface area (Å²) >= 11 is 7.08. The van der Waals surface area contributed by atoms with Crippen molar-refractivity contribution in [2.75, 3.05) is 37.6 Å². The number of ether oxygens (including phenoxy) is 1. The van der Waals surface area contributed by atoms with Crippen LogP contribution in [-0.4, -0.2) is 55.6 Å². The van der Waals surface area contributed by atoms with Crippen LogP contribution in [0.4, 0.5) is 16.2 Å². The zero-order valence-corrected chi connectivity index (χ0v) is 19.4. The fourth-order valence-corrected chi connectivity index (χ4v) is 4.67. The topological polar surface area (TPSA) is 80.2 Å². The van der Waals surface area contributed by atoms with Crippen molar-refractivity contribution >= 4 is 46.2 Å². The third-order valence-electron chi connectivity index (χ3n) is 5.35. The highest BCUT2D eigenvalue weighted by Crippen LogP contribution is 2.27. The second kappa shape index (κ2) is 12.0. The second-order valence-electron chi connectivity index (χ2n) is 7.65. The molecule has 1 aromatic heterocycles. The monoisotopic (exact) mass is 474 g/mol. The molecule has 0 saturated carbocycles. The van der Waals surface area contributed by atoms with E-state index in [9.17, 15) is 9.59 Å². The summed E-state index contributed by atoms with van der Waals surface area (Å²) in [6.07, 6.45) is 2.77. The summed E-state index contributed by atoms with van der Waals surface area (Å²) < 4.78 is 5.91. The molecule has 9 heteroatoms. The number of carbonyl (C=O) groups is 2. The second-order valence-corrected chi connectivity index (χ2v) is 9.36. The maximum Gasteiger partial charge on any atom is 0.414 e. The fraction of sp³-hybridized carbons (Fsp3) is 0.435. The summed E-state index contributed by atoms with van der Waals surface area (Å²) in [5.74, 6) is 0.00260. The predicted molar refractivity (Wildman–Crippen MR) is 128 cm³/mol. The summed E-state index contributed by atoms with van der Waals surface area (Å²) in [6.45, 7) is 11.8. The van der Waals surface area contributed by atoms with E-state index in [4.69, 9.17) is 28.6 Å². The number of carbonyl (C=O) groups excluding carboxylic acids is 2. The van der Waals surface area contributed by atoms with E-state index in [1.165, 1.54) is 42.2 Å². The van der Waals surface area contributed by atoms with Gasteiger partial charge >= 0.3 is 6.09 Å². The average Bonchev–Trinajstić information content (AvgIpc) is 3.55. The van der Waals surface area contributed by atoms with Crippen LogP contribution >= 0.6 is 22.9 Å². The molecule has 3 heterocycles. The molecule has 7 nitrogen and oxygen atoms in total. The van der Waals surface area contributed by atoms with Crippen LogP contribution in [0.15, 0.2) is 36.4 Å². The zero-order valence-electron chi connectivity index (χ0n) is 17.8. The van der Waals surface area contributed by atoms with Crippen LogP contribution in [0.1, 0.15) is 35.4 Å². The van der Waals surface area contributed by atoms with Gasteiger partial charge in [-0.3, -0.25) is 9.69 Å². The van der Waals surface area contributed by atoms with Crippen molar-refractivity contribution in [3.8, 4) is 0 Å². The van der Waals surface area contributed by atoms with Gasteiger partial charge in [0.05, 0.1) is 22.3 Å². The first-order valence-corrected chi connectivity index (χ1v) is 11.9. The Labute approximate surface area is 197 Å². The van der Waals surface area contributed by atoms with E-state index in [0.717, 1.165) is 13.1 Å². The predicted octanol–water partition coefficient (Wildman–Crippen LogP) is 4.98. The highest BCUT2D eigenvalue weighted by atomic mass is 35.5. The molecule has 1 aromatic carbocycles. The maximum absolute atomic E-state index is 12.1. The Bertz CT molecular complexity index is 951. The lowest BCUT2D eigenvalue weighted by Crippen LogP contribution is -2.26. The Hall–Kier alpha value is -2.44. The van der Waals surface area contributed by atoms with E-state index in [2.05, 4.69) is 9.74 Å². The standard InChI is InChI=1S/C17H13ClN2O3S.C6H14N2/c1-19-11-2-4-12(5-3-11)20-10-13(23-17(20)22)6-7-14(21)15-8-9-16(18)24-15;7-3-6-8-4-1-2-5-8/h2-5,8-9,13H,6-7,10H2;1-7H2/t13-;/m0./s1. The number of hydrogen-bond acceptors (Lipinski definition) is 6. The number of hydrogen-bond donors (Lipinski definition) is 1. The molecule has 0 unspecified atom stereocenters. The average molecular weight is 475 g/mol. The third kappa shape index (κ3) is 6.78. The normalized spacial score (nSPS) is 18.1. The van der Waals surface area contributed by atoms with Gasteiger partial charge in [0, 0.05) is 25.2 Å². The van der Waals surface area contributed by atoms with E-state index in [1.54, 1.807) is 36.4 Å². The van der Waals surface area contributed by atoms with Crippen LogP contribution in [0.2, 0.25) is 4.34 Å². The number of thiophene rings is 1. The number of rotatable bonds is 7. The molecule has 2 N–H and O–H groups in total. The molecule has 0 bridgehead atoms. The molecule has 2 aromatic rings. The molecule has 2 saturated heterocycles. The molecule has 0 aliphatic carbocycles. The molecule has 170 valence electrons. The minimum Gasteiger partial charge on any atom is -0.444 e. The number of cyclic esters (lactones) is 1. The summed E-state index contributed by atoms with van der Waals surface area (Å²) in [5.41, 5.74) is 6.57. The first kappa shape index (κ1) is 24.2. The van der Waals surface area contributed by atoms with Crippen LogP contribution in [0.3, 0.4) is 0 Å². The number of nitrogens with two attached hydrogens (primary N) is 1. The van der Waals surface area contributed by atoms with E-state index in [0.29, 0.717) is 40.0 Å². The van der Waals surface area contributed by atoms with Gasteiger partial charge in [-0.05, 0) is 56.6 Å². The number of benzene rings is 1. The van der Waals surface area contributed by atoms with Gasteiger partial charge in [-0.1, -0.05) is 23.7 Å². The zero-order chi connectivity index (χ0) is 22.9. The van der Waals surface area contributed by atoms with Crippen molar-refractivity contribution in [1.29, 1.82) is 0 Å². The van der Waals surface area contributed by atoms with Gasteiger partial charge in [0.15, 0.2) is 11.5 Å². The maximum atomic E-state index is 12.1. The van der Waals surface area contributed by atoms with E-state index in [1.807, 2.05) is 0 Å². The first-order chi connectivity index (χ1) is 15.5. The molecule has 32 heavy (non-hydrogen) atoms. The third-order valence-corrected chi connectivity index (χ3v) is 6.62. The minimum atomic E-state index is -0.429. The van der Waals surface area contributed by atoms with Crippen molar-refractivity contribution < 1.29 is 14.3 Å². The van der Waals surface area contributed by atoms with Crippen molar-refractivity contribution in [3.05, 3.63) is 57.0 Å². The van der Waals surface area contributed by atoms with Crippen LogP contribution in [-0.2, 0) is 4.74 Å². The highest BCUT2D eigenvalue weighted by molar-refractivity contribution is 7.18. The molecule has 1 amide bonds. The number of nitrogens with zero attached hydrogens (tertiary/aromatic N) is 3. The van der Waals surface area contributed by atoms with E-state index in [-0.39, 0.29) is 11.9 Å². The molecule has 2 fully saturated rings. The molecule has 0 spiro atoms. The lowest BCUT2D eigenvalue weighted by atomic mass is 10.1. The van der Waals surface area contributed by atoms with Gasteiger partial charge in [0.2, 0.25) is 0 Å². The van der Waals surface area contributed by atoms with Gasteiger partial charge in [-0.2, -0.15) is 0 Å². The summed E-state index contributed by atoms with van der Waals surface area (Å²) in [4.78, 5) is 32.0. The summed E-state index contributed by atoms with van der Waals surface area (Å²) in [7, 11) is 0. The lowest BCUT2D eigenvalue weighted by Gasteiger charge is -2.12. The minimum absolute atomic E-state index is 0.00260. The molecule has 0 radical (unpaired) electrons. The Kier molecular flexibility index (Phi) is 9.06. The Balaban J connectivity index is 0.000000305. The van der Waals surface area contributed by atoms with E-state index < -0.39 is 6.09 Å². The van der Waals surface area contributed by atoms with Crippen LogP contribution in [0, 0.1) is 6.57 Å². The van der Waals surface area contributed by atoms with Gasteiger partial charge in [-0.15, -0.1) is 11.3 Å². The quantitative estimate of drug-likeness (QED) is 0.452. The Morgan fingerprint density at radius 3 is 2.53 bits per heavy atom. The largest absolute Gasteiger partial charge is 0.444 e. The Morgan fingerprint density at radius 1 is 1.22 bits per heavy atom. The van der Waals surface area contributed by atoms with Gasteiger partial charge in [0.25, 0.3) is 0 Å². The first-order valence-electron chi connectivity index (χ1n) is 10.7. The fourth-order valence-electron chi connectivity index (χ4n) is 3.66. The number of ketones is 1. The van der Waals surface area contributed by atoms with Crippen LogP contribution in [0.5, 0.6) is 0 Å². The van der Waals surface area contributed by atoms with Crippen molar-refractivity contribution in [2.24, 2.45) is 5.73 Å².